The van der Waals surface area contributed by atoms with E-state index in [4.69, 9.17) is 4.74 Å². The summed E-state index contributed by atoms with van der Waals surface area (Å²) in [5.74, 6) is 1.81. The van der Waals surface area contributed by atoms with Crippen molar-refractivity contribution in [2.75, 3.05) is 0 Å². The van der Waals surface area contributed by atoms with E-state index in [-0.39, 0.29) is 5.91 Å². The van der Waals surface area contributed by atoms with Gasteiger partial charge in [-0.15, -0.1) is 0 Å². The predicted molar refractivity (Wildman–Crippen MR) is 90.8 cm³/mol. The molecule has 0 aliphatic heterocycles. The zero-order valence-corrected chi connectivity index (χ0v) is 16.2. The molecule has 1 aromatic rings. The van der Waals surface area contributed by atoms with E-state index in [1.54, 1.807) is 40.8 Å². The molecule has 0 radical (unpaired) electrons. The zero-order valence-electron chi connectivity index (χ0n) is 14.5. The Labute approximate surface area is 143 Å². The standard InChI is InChI=1S/C16H25N3O3Se/c1-15(2,3)22-14(21)19-16(4,5)13(20)18-10-11-12(23-6)8-7-9-17-11/h7-9H,10H2,1-6H3,(H,18,20)(H,19,21). The van der Waals surface area contributed by atoms with E-state index < -0.39 is 17.2 Å². The van der Waals surface area contributed by atoms with Crippen molar-refractivity contribution in [3.8, 4) is 0 Å². The van der Waals surface area contributed by atoms with Gasteiger partial charge in [-0.05, 0) is 0 Å². The van der Waals surface area contributed by atoms with E-state index in [0.717, 1.165) is 10.2 Å². The number of carbonyl (C=O) groups excluding carboxylic acids is 2. The van der Waals surface area contributed by atoms with Crippen molar-refractivity contribution in [2.24, 2.45) is 0 Å². The Morgan fingerprint density at radius 3 is 2.48 bits per heavy atom. The van der Waals surface area contributed by atoms with Crippen molar-refractivity contribution in [3.63, 3.8) is 0 Å². The quantitative estimate of drug-likeness (QED) is 0.750. The van der Waals surface area contributed by atoms with Crippen LogP contribution in [-0.4, -0.2) is 43.1 Å². The second-order valence-electron chi connectivity index (χ2n) is 6.59. The van der Waals surface area contributed by atoms with Crippen molar-refractivity contribution in [1.29, 1.82) is 0 Å². The summed E-state index contributed by atoms with van der Waals surface area (Å²) in [5.41, 5.74) is -0.825. The Balaban J connectivity index is 2.63. The number of hydrogen-bond acceptors (Lipinski definition) is 4. The number of rotatable bonds is 5. The zero-order chi connectivity index (χ0) is 17.7. The number of hydrogen-bond donors (Lipinski definition) is 2. The molecule has 0 aliphatic carbocycles. The van der Waals surface area contributed by atoms with Gasteiger partial charge in [0, 0.05) is 0 Å². The van der Waals surface area contributed by atoms with Crippen molar-refractivity contribution in [3.05, 3.63) is 24.0 Å². The maximum atomic E-state index is 12.3. The van der Waals surface area contributed by atoms with Crippen molar-refractivity contribution in [1.82, 2.24) is 15.6 Å². The molecular weight excluding hydrogens is 361 g/mol. The molecule has 128 valence electrons. The average molecular weight is 386 g/mol. The SMILES string of the molecule is C[Se]c1cccnc1CNC(=O)C(C)(C)NC(=O)OC(C)(C)C. The fraction of sp³-hybridized carbons (Fsp3) is 0.562. The van der Waals surface area contributed by atoms with Crippen LogP contribution in [0, 0.1) is 0 Å². The van der Waals surface area contributed by atoms with Crippen LogP contribution in [-0.2, 0) is 16.1 Å². The van der Waals surface area contributed by atoms with Gasteiger partial charge < -0.3 is 0 Å². The number of nitrogens with one attached hydrogen (secondary N) is 2. The van der Waals surface area contributed by atoms with Crippen LogP contribution in [0.25, 0.3) is 0 Å². The Morgan fingerprint density at radius 1 is 1.26 bits per heavy atom. The summed E-state index contributed by atoms with van der Waals surface area (Å²) >= 11 is 0.304. The fourth-order valence-electron chi connectivity index (χ4n) is 1.74. The van der Waals surface area contributed by atoms with Crippen LogP contribution in [0.4, 0.5) is 4.79 Å². The van der Waals surface area contributed by atoms with Gasteiger partial charge in [0.25, 0.3) is 0 Å². The molecule has 7 heteroatoms. The first-order valence-electron chi connectivity index (χ1n) is 7.32. The average Bonchev–Trinajstić information content (AvgIpc) is 2.42. The van der Waals surface area contributed by atoms with E-state index in [1.165, 1.54) is 0 Å². The second-order valence-corrected chi connectivity index (χ2v) is 8.37. The molecule has 1 heterocycles. The molecule has 0 unspecified atom stereocenters. The van der Waals surface area contributed by atoms with Gasteiger partial charge in [-0.25, -0.2) is 0 Å². The van der Waals surface area contributed by atoms with Gasteiger partial charge >= 0.3 is 144 Å². The second kappa shape index (κ2) is 7.79. The van der Waals surface area contributed by atoms with Gasteiger partial charge in [0.1, 0.15) is 0 Å². The molecule has 0 saturated heterocycles. The van der Waals surface area contributed by atoms with E-state index in [1.807, 2.05) is 12.1 Å². The van der Waals surface area contributed by atoms with Crippen LogP contribution in [0.15, 0.2) is 18.3 Å². The Bertz CT molecular complexity index is 568. The van der Waals surface area contributed by atoms with Gasteiger partial charge in [-0.1, -0.05) is 0 Å². The third-order valence-electron chi connectivity index (χ3n) is 2.87. The van der Waals surface area contributed by atoms with Crippen LogP contribution in [0.2, 0.25) is 5.82 Å². The summed E-state index contributed by atoms with van der Waals surface area (Å²) in [6.45, 7) is 8.92. The first kappa shape index (κ1) is 19.5. The summed E-state index contributed by atoms with van der Waals surface area (Å²) in [4.78, 5) is 28.5. The number of pyridine rings is 1. The van der Waals surface area contributed by atoms with E-state index in [0.29, 0.717) is 21.5 Å². The number of ether oxygens (including phenoxy) is 1. The molecule has 0 aromatic carbocycles. The first-order valence-corrected chi connectivity index (χ1v) is 9.89. The molecule has 6 nitrogen and oxygen atoms in total. The van der Waals surface area contributed by atoms with Crippen molar-refractivity contribution >= 4 is 31.4 Å². The van der Waals surface area contributed by atoms with Gasteiger partial charge in [0.15, 0.2) is 0 Å². The van der Waals surface area contributed by atoms with Crippen molar-refractivity contribution < 1.29 is 14.3 Å². The first-order chi connectivity index (χ1) is 10.5. The minimum atomic E-state index is -1.07. The van der Waals surface area contributed by atoms with E-state index in [2.05, 4.69) is 21.4 Å². The Kier molecular flexibility index (Phi) is 6.59. The minimum absolute atomic E-state index is 0.288. The molecule has 23 heavy (non-hydrogen) atoms. The van der Waals surface area contributed by atoms with Crippen LogP contribution in [0.3, 0.4) is 0 Å². The Hall–Kier alpha value is -1.59. The number of alkyl carbamates (subject to hydrolysis) is 1. The van der Waals surface area contributed by atoms with Crippen LogP contribution >= 0.6 is 0 Å². The molecule has 2 amide bonds. The van der Waals surface area contributed by atoms with Gasteiger partial charge in [0.2, 0.25) is 0 Å². The molecule has 0 saturated carbocycles. The number of nitrogens with zero attached hydrogens (tertiary/aromatic N) is 1. The monoisotopic (exact) mass is 387 g/mol. The topological polar surface area (TPSA) is 80.3 Å². The third-order valence-corrected chi connectivity index (χ3v) is 4.57. The summed E-state index contributed by atoms with van der Waals surface area (Å²) in [7, 11) is 0. The van der Waals surface area contributed by atoms with Gasteiger partial charge in [-0.2, -0.15) is 0 Å². The van der Waals surface area contributed by atoms with Crippen LogP contribution in [0.1, 0.15) is 40.3 Å². The van der Waals surface area contributed by atoms with Crippen LogP contribution < -0.4 is 15.1 Å². The predicted octanol–water partition coefficient (Wildman–Crippen LogP) is 1.38. The number of carbonyl (C=O) groups is 2. The molecule has 1 rings (SSSR count). The summed E-state index contributed by atoms with van der Waals surface area (Å²) in [5, 5.41) is 5.41. The van der Waals surface area contributed by atoms with E-state index >= 15 is 0 Å². The molecule has 0 aliphatic rings. The summed E-state index contributed by atoms with van der Waals surface area (Å²) in [6.07, 6.45) is 1.09. The van der Waals surface area contributed by atoms with Crippen molar-refractivity contribution in [2.45, 2.75) is 58.1 Å². The molecule has 0 fully saturated rings. The summed E-state index contributed by atoms with van der Waals surface area (Å²) < 4.78 is 6.33. The fourth-order valence-corrected chi connectivity index (χ4v) is 2.95. The summed E-state index contributed by atoms with van der Waals surface area (Å²) in [6, 6.07) is 3.90. The molecule has 0 spiro atoms. The molecule has 2 N–H and O–H groups in total. The normalized spacial score (nSPS) is 11.7. The molecule has 0 bridgehead atoms. The number of amides is 2. The van der Waals surface area contributed by atoms with Gasteiger partial charge in [0.05, 0.1) is 0 Å². The maximum absolute atomic E-state index is 12.3. The number of aromatic nitrogens is 1. The molecule has 0 atom stereocenters. The van der Waals surface area contributed by atoms with E-state index in [9.17, 15) is 9.59 Å². The van der Waals surface area contributed by atoms with Gasteiger partial charge in [-0.3, -0.25) is 0 Å². The Morgan fingerprint density at radius 2 is 1.91 bits per heavy atom. The molecule has 1 aromatic heterocycles. The molecular formula is C16H25N3O3Se. The van der Waals surface area contributed by atoms with Crippen LogP contribution in [0.5, 0.6) is 0 Å². The third kappa shape index (κ3) is 6.59.